The lowest BCUT2D eigenvalue weighted by atomic mass is 9.79. The highest BCUT2D eigenvalue weighted by atomic mass is 32.2. The van der Waals surface area contributed by atoms with E-state index in [0.29, 0.717) is 23.4 Å². The molecule has 0 bridgehead atoms. The van der Waals surface area contributed by atoms with E-state index in [2.05, 4.69) is 5.32 Å². The summed E-state index contributed by atoms with van der Waals surface area (Å²) in [4.78, 5) is 83.0. The normalized spacial score (nSPS) is 30.0. The number of nitro benzene ring substituents is 1. The maximum Gasteiger partial charge on any atom is 0.410 e. The van der Waals surface area contributed by atoms with Crippen LogP contribution in [-0.4, -0.2) is 133 Å². The van der Waals surface area contributed by atoms with Crippen LogP contribution in [0.25, 0.3) is 0 Å². The zero-order chi connectivity index (χ0) is 36.0. The summed E-state index contributed by atoms with van der Waals surface area (Å²) >= 11 is 1.23. The molecule has 270 valence electrons. The zero-order valence-corrected chi connectivity index (χ0v) is 28.9. The lowest BCUT2D eigenvalue weighted by Gasteiger charge is -2.46. The number of non-ortho nitro benzene ring substituents is 1. The number of fused-ring (bicyclic) bond motifs is 1. The van der Waals surface area contributed by atoms with Crippen LogP contribution in [0.1, 0.15) is 45.1 Å². The average Bonchev–Trinajstić information content (AvgIpc) is 3.86. The summed E-state index contributed by atoms with van der Waals surface area (Å²) in [5.74, 6) is -3.20. The standard InChI is InChI=1S/C33H42N6O10S/c1-17-26-25(18(2)40)31(43)38(26)27(32(44)45)28(17)50-22-13-24(37(15-22)33(46)49-16-19-6-8-21(9-7-19)39(47)48)30(42)36-12-10-20(14-36)34-29(41)23-5-4-11-35(23)3/h6-9,17-18,20,22-26,40H,4-5,10-16H2,1-3H3,(H,34,41)(H,44,45)/t17-,18-,20+,22+,23+,24+,25-,26-/m1/s1. The molecule has 1 aromatic carbocycles. The van der Waals surface area contributed by atoms with Gasteiger partial charge in [-0.1, -0.05) is 6.92 Å². The topological polar surface area (TPSA) is 203 Å². The van der Waals surface area contributed by atoms with Crippen molar-refractivity contribution < 1.29 is 43.8 Å². The number of likely N-dealkylation sites (N-methyl/N-ethyl adjacent to an activating group) is 1. The number of benzene rings is 1. The monoisotopic (exact) mass is 714 g/mol. The molecule has 50 heavy (non-hydrogen) atoms. The van der Waals surface area contributed by atoms with Gasteiger partial charge in [-0.3, -0.25) is 34.3 Å². The molecule has 5 aliphatic heterocycles. The van der Waals surface area contributed by atoms with Crippen molar-refractivity contribution in [3.63, 3.8) is 0 Å². The van der Waals surface area contributed by atoms with Gasteiger partial charge in [0.15, 0.2) is 0 Å². The van der Waals surface area contributed by atoms with Crippen molar-refractivity contribution in [1.82, 2.24) is 24.9 Å². The van der Waals surface area contributed by atoms with E-state index in [-0.39, 0.29) is 67.3 Å². The molecule has 0 radical (unpaired) electrons. The number of ether oxygens (including phenoxy) is 1. The predicted molar refractivity (Wildman–Crippen MR) is 178 cm³/mol. The molecule has 5 aliphatic rings. The number of thioether (sulfide) groups is 1. The molecule has 4 saturated heterocycles. The largest absolute Gasteiger partial charge is 0.477 e. The van der Waals surface area contributed by atoms with Gasteiger partial charge in [-0.25, -0.2) is 9.59 Å². The van der Waals surface area contributed by atoms with E-state index in [1.165, 1.54) is 52.8 Å². The first-order chi connectivity index (χ1) is 23.8. The number of nitrogens with zero attached hydrogens (tertiary/aromatic N) is 5. The number of amides is 4. The van der Waals surface area contributed by atoms with Gasteiger partial charge >= 0.3 is 12.1 Å². The van der Waals surface area contributed by atoms with E-state index in [1.807, 2.05) is 18.9 Å². The molecular weight excluding hydrogens is 672 g/mol. The second-order valence-electron chi connectivity index (χ2n) is 13.8. The molecule has 0 aromatic heterocycles. The van der Waals surface area contributed by atoms with Gasteiger partial charge in [0.1, 0.15) is 18.3 Å². The molecule has 5 heterocycles. The number of aliphatic carboxylic acids is 1. The Balaban J connectivity index is 1.17. The van der Waals surface area contributed by atoms with Crippen LogP contribution >= 0.6 is 11.8 Å². The van der Waals surface area contributed by atoms with Crippen LogP contribution in [0, 0.1) is 22.0 Å². The molecule has 8 atom stereocenters. The quantitative estimate of drug-likeness (QED) is 0.179. The number of likely N-dealkylation sites (tertiary alicyclic amines) is 3. The highest BCUT2D eigenvalue weighted by Gasteiger charge is 2.60. The number of hydrogen-bond acceptors (Lipinski definition) is 11. The third kappa shape index (κ3) is 6.65. The summed E-state index contributed by atoms with van der Waals surface area (Å²) in [5.41, 5.74) is 0.270. The number of carbonyl (C=O) groups excluding carboxylic acids is 4. The van der Waals surface area contributed by atoms with Crippen molar-refractivity contribution >= 4 is 47.2 Å². The number of carbonyl (C=O) groups is 5. The molecule has 0 spiro atoms. The fourth-order valence-electron chi connectivity index (χ4n) is 7.95. The van der Waals surface area contributed by atoms with E-state index < -0.39 is 52.2 Å². The van der Waals surface area contributed by atoms with Crippen molar-refractivity contribution in [2.45, 2.75) is 81.7 Å². The van der Waals surface area contributed by atoms with E-state index in [4.69, 9.17) is 4.74 Å². The van der Waals surface area contributed by atoms with Crippen LogP contribution in [0.2, 0.25) is 0 Å². The Kier molecular flexibility index (Phi) is 10.1. The zero-order valence-electron chi connectivity index (χ0n) is 28.1. The third-order valence-electron chi connectivity index (χ3n) is 10.6. The minimum absolute atomic E-state index is 0.0593. The molecule has 1 aromatic rings. The summed E-state index contributed by atoms with van der Waals surface area (Å²) in [7, 11) is 1.92. The van der Waals surface area contributed by atoms with Crippen LogP contribution < -0.4 is 5.32 Å². The molecule has 4 amide bonds. The number of rotatable bonds is 10. The van der Waals surface area contributed by atoms with E-state index in [9.17, 15) is 44.3 Å². The minimum atomic E-state index is -1.27. The summed E-state index contributed by atoms with van der Waals surface area (Å²) in [6.45, 7) is 4.71. The van der Waals surface area contributed by atoms with Gasteiger partial charge in [0.2, 0.25) is 17.7 Å². The highest BCUT2D eigenvalue weighted by Crippen LogP contribution is 2.52. The Hall–Kier alpha value is -4.22. The first-order valence-corrected chi connectivity index (χ1v) is 17.8. The van der Waals surface area contributed by atoms with Gasteiger partial charge < -0.3 is 30.1 Å². The van der Waals surface area contributed by atoms with Crippen molar-refractivity contribution in [3.8, 4) is 0 Å². The van der Waals surface area contributed by atoms with Crippen LogP contribution in [-0.2, 0) is 30.5 Å². The molecular formula is C33H42N6O10S. The first-order valence-electron chi connectivity index (χ1n) is 16.9. The summed E-state index contributed by atoms with van der Waals surface area (Å²) < 4.78 is 5.58. The summed E-state index contributed by atoms with van der Waals surface area (Å²) in [5, 5.41) is 34.0. The lowest BCUT2D eigenvalue weighted by Crippen LogP contribution is -2.63. The number of carboxylic acids is 1. The molecule has 16 nitrogen and oxygen atoms in total. The Morgan fingerprint density at radius 2 is 1.84 bits per heavy atom. The number of aliphatic hydroxyl groups excluding tert-OH is 1. The Bertz CT molecular complexity index is 1600. The van der Waals surface area contributed by atoms with Gasteiger partial charge in [-0.2, -0.15) is 0 Å². The van der Waals surface area contributed by atoms with Crippen LogP contribution in [0.3, 0.4) is 0 Å². The number of aliphatic hydroxyl groups is 1. The van der Waals surface area contributed by atoms with Gasteiger partial charge in [-0.05, 0) is 63.9 Å². The molecule has 0 saturated carbocycles. The lowest BCUT2D eigenvalue weighted by molar-refractivity contribution is -0.384. The van der Waals surface area contributed by atoms with Crippen LogP contribution in [0.4, 0.5) is 10.5 Å². The Labute approximate surface area is 292 Å². The fraction of sp³-hybridized carbons (Fsp3) is 0.606. The van der Waals surface area contributed by atoms with Gasteiger partial charge in [0.05, 0.1) is 29.0 Å². The second kappa shape index (κ2) is 14.2. The maximum atomic E-state index is 14.1. The number of β-lactam (4-membered cyclic amide) rings is 1. The van der Waals surface area contributed by atoms with Gasteiger partial charge in [-0.15, -0.1) is 11.8 Å². The SMILES string of the molecule is C[C@@H](O)[C@H]1C(=O)N2C(C(=O)O)=C(S[C@H]3C[C@@H](C(=O)N4CC[C@H](NC(=O)[C@@H]5CCCN5C)C4)N(C(=O)OCc4ccc([N+](=O)[O-])cc4)C3)[C@H](C)[C@H]12. The number of carboxylic acid groups (broad SMARTS) is 1. The van der Waals surface area contributed by atoms with Crippen molar-refractivity contribution in [2.75, 3.05) is 33.2 Å². The summed E-state index contributed by atoms with van der Waals surface area (Å²) in [6, 6.07) is 3.70. The van der Waals surface area contributed by atoms with E-state index in [1.54, 1.807) is 4.90 Å². The van der Waals surface area contributed by atoms with Crippen molar-refractivity contribution in [2.24, 2.45) is 11.8 Å². The van der Waals surface area contributed by atoms with E-state index >= 15 is 0 Å². The van der Waals surface area contributed by atoms with Crippen LogP contribution in [0.15, 0.2) is 34.9 Å². The number of hydrogen-bond donors (Lipinski definition) is 3. The molecule has 0 aliphatic carbocycles. The Morgan fingerprint density at radius 1 is 1.12 bits per heavy atom. The fourth-order valence-corrected chi connectivity index (χ4v) is 9.47. The van der Waals surface area contributed by atoms with E-state index in [0.717, 1.165) is 19.4 Å². The van der Waals surface area contributed by atoms with Gasteiger partial charge in [0, 0.05) is 53.9 Å². The van der Waals surface area contributed by atoms with Gasteiger partial charge in [0.25, 0.3) is 5.69 Å². The smallest absolute Gasteiger partial charge is 0.410 e. The molecule has 0 unspecified atom stereocenters. The molecule has 4 fully saturated rings. The predicted octanol–water partition coefficient (Wildman–Crippen LogP) is 1.37. The third-order valence-corrected chi connectivity index (χ3v) is 12.1. The average molecular weight is 715 g/mol. The minimum Gasteiger partial charge on any atom is -0.477 e. The van der Waals surface area contributed by atoms with Crippen molar-refractivity contribution in [1.29, 1.82) is 0 Å². The molecule has 3 N–H and O–H groups in total. The highest BCUT2D eigenvalue weighted by molar-refractivity contribution is 8.03. The molecule has 6 rings (SSSR count). The van der Waals surface area contributed by atoms with Crippen LogP contribution in [0.5, 0.6) is 0 Å². The maximum absolute atomic E-state index is 14.1. The first kappa shape index (κ1) is 35.6. The summed E-state index contributed by atoms with van der Waals surface area (Å²) in [6.07, 6.45) is 0.761. The number of nitro groups is 1. The second-order valence-corrected chi connectivity index (χ2v) is 15.2. The molecule has 17 heteroatoms. The Morgan fingerprint density at radius 3 is 2.46 bits per heavy atom. The van der Waals surface area contributed by atoms with Crippen molar-refractivity contribution in [3.05, 3.63) is 50.5 Å². The number of nitrogens with one attached hydrogen (secondary N) is 1.